The van der Waals surface area contributed by atoms with E-state index in [0.29, 0.717) is 17.3 Å². The Labute approximate surface area is 167 Å². The van der Waals surface area contributed by atoms with Crippen molar-refractivity contribution >= 4 is 29.1 Å². The van der Waals surface area contributed by atoms with Crippen LogP contribution in [0.15, 0.2) is 60.0 Å². The SMILES string of the molecule is CC(=O)N1CCc2cc(C(=O)C(C)Sc3ncn(-c4ccccc4)n3)ccc21. The Morgan fingerprint density at radius 2 is 1.93 bits per heavy atom. The van der Waals surface area contributed by atoms with Gasteiger partial charge in [-0.1, -0.05) is 30.0 Å². The fourth-order valence-electron chi connectivity index (χ4n) is 3.34. The molecule has 0 bridgehead atoms. The summed E-state index contributed by atoms with van der Waals surface area (Å²) in [6.07, 6.45) is 2.43. The second-order valence-electron chi connectivity index (χ2n) is 6.70. The third kappa shape index (κ3) is 3.57. The highest BCUT2D eigenvalue weighted by atomic mass is 32.2. The standard InChI is InChI=1S/C21H20N4O2S/c1-14(28-21-22-13-25(23-21)18-6-4-3-5-7-18)20(27)17-8-9-19-16(12-17)10-11-24(19)15(2)26/h3-9,12-14H,10-11H2,1-2H3. The first-order valence-corrected chi connectivity index (χ1v) is 10.00. The molecular formula is C21H20N4O2S. The second kappa shape index (κ2) is 7.59. The van der Waals surface area contributed by atoms with E-state index >= 15 is 0 Å². The van der Waals surface area contributed by atoms with Crippen LogP contribution in [0.2, 0.25) is 0 Å². The number of thioether (sulfide) groups is 1. The van der Waals surface area contributed by atoms with Gasteiger partial charge in [0.1, 0.15) is 6.33 Å². The normalized spacial score (nSPS) is 14.0. The molecule has 1 atom stereocenters. The summed E-state index contributed by atoms with van der Waals surface area (Å²) in [5, 5.41) is 4.71. The molecule has 0 spiro atoms. The highest BCUT2D eigenvalue weighted by molar-refractivity contribution is 8.00. The molecule has 0 aliphatic carbocycles. The van der Waals surface area contributed by atoms with Crippen LogP contribution >= 0.6 is 11.8 Å². The van der Waals surface area contributed by atoms with Crippen LogP contribution in [-0.4, -0.2) is 38.2 Å². The van der Waals surface area contributed by atoms with Crippen LogP contribution in [0.1, 0.15) is 29.8 Å². The van der Waals surface area contributed by atoms with E-state index in [1.807, 2.05) is 49.4 Å². The van der Waals surface area contributed by atoms with Crippen molar-refractivity contribution in [1.82, 2.24) is 14.8 Å². The van der Waals surface area contributed by atoms with Gasteiger partial charge < -0.3 is 4.90 Å². The minimum atomic E-state index is -0.310. The molecule has 142 valence electrons. The van der Waals surface area contributed by atoms with Gasteiger partial charge in [0, 0.05) is 24.7 Å². The monoisotopic (exact) mass is 392 g/mol. The molecule has 1 aliphatic heterocycles. The minimum absolute atomic E-state index is 0.0295. The Balaban J connectivity index is 1.47. The maximum Gasteiger partial charge on any atom is 0.223 e. The molecule has 7 heteroatoms. The van der Waals surface area contributed by atoms with Crippen molar-refractivity contribution in [2.75, 3.05) is 11.4 Å². The summed E-state index contributed by atoms with van der Waals surface area (Å²) in [4.78, 5) is 30.6. The van der Waals surface area contributed by atoms with Gasteiger partial charge in [0.25, 0.3) is 0 Å². The quantitative estimate of drug-likeness (QED) is 0.491. The lowest BCUT2D eigenvalue weighted by atomic mass is 10.0. The first-order chi connectivity index (χ1) is 13.5. The minimum Gasteiger partial charge on any atom is -0.312 e. The van der Waals surface area contributed by atoms with Crippen LogP contribution < -0.4 is 4.90 Å². The van der Waals surface area contributed by atoms with Crippen LogP contribution in [0.25, 0.3) is 5.69 Å². The number of anilines is 1. The van der Waals surface area contributed by atoms with E-state index in [2.05, 4.69) is 10.1 Å². The first-order valence-electron chi connectivity index (χ1n) is 9.12. The summed E-state index contributed by atoms with van der Waals surface area (Å²) in [5.74, 6) is 0.0620. The number of carbonyl (C=O) groups excluding carboxylic acids is 2. The lowest BCUT2D eigenvalue weighted by Crippen LogP contribution is -2.25. The molecule has 2 aromatic carbocycles. The molecule has 0 fully saturated rings. The van der Waals surface area contributed by atoms with E-state index in [4.69, 9.17) is 0 Å². The zero-order valence-electron chi connectivity index (χ0n) is 15.7. The molecule has 0 saturated heterocycles. The van der Waals surface area contributed by atoms with Crippen LogP contribution in [0.3, 0.4) is 0 Å². The summed E-state index contributed by atoms with van der Waals surface area (Å²) in [7, 11) is 0. The third-order valence-electron chi connectivity index (χ3n) is 4.78. The van der Waals surface area contributed by atoms with E-state index in [9.17, 15) is 9.59 Å². The zero-order valence-corrected chi connectivity index (χ0v) is 16.5. The summed E-state index contributed by atoms with van der Waals surface area (Å²) in [5.41, 5.74) is 3.54. The average molecular weight is 392 g/mol. The van der Waals surface area contributed by atoms with Crippen molar-refractivity contribution in [1.29, 1.82) is 0 Å². The molecule has 1 aliphatic rings. The van der Waals surface area contributed by atoms with Gasteiger partial charge in [0.2, 0.25) is 11.1 Å². The molecule has 0 radical (unpaired) electrons. The lowest BCUT2D eigenvalue weighted by molar-refractivity contribution is -0.116. The molecule has 4 rings (SSSR count). The van der Waals surface area contributed by atoms with E-state index in [1.54, 1.807) is 28.9 Å². The number of Topliss-reactive ketones (excluding diaryl/α,β-unsaturated/α-hetero) is 1. The molecule has 1 unspecified atom stereocenters. The molecule has 1 amide bonds. The number of fused-ring (bicyclic) bond motifs is 1. The molecule has 3 aromatic rings. The number of aromatic nitrogens is 3. The lowest BCUT2D eigenvalue weighted by Gasteiger charge is -2.15. The highest BCUT2D eigenvalue weighted by Crippen LogP contribution is 2.30. The molecule has 2 heterocycles. The number of para-hydroxylation sites is 1. The van der Waals surface area contributed by atoms with Crippen molar-refractivity contribution in [2.24, 2.45) is 0 Å². The molecule has 0 N–H and O–H groups in total. The maximum atomic E-state index is 12.9. The highest BCUT2D eigenvalue weighted by Gasteiger charge is 2.25. The largest absolute Gasteiger partial charge is 0.312 e. The number of hydrogen-bond donors (Lipinski definition) is 0. The van der Waals surface area contributed by atoms with E-state index in [1.165, 1.54) is 11.8 Å². The van der Waals surface area contributed by atoms with Gasteiger partial charge in [0.05, 0.1) is 10.9 Å². The fourth-order valence-corrected chi connectivity index (χ4v) is 4.14. The smallest absolute Gasteiger partial charge is 0.223 e. The van der Waals surface area contributed by atoms with Crippen molar-refractivity contribution in [2.45, 2.75) is 30.7 Å². The summed E-state index contributed by atoms with van der Waals surface area (Å²) in [6, 6.07) is 15.3. The van der Waals surface area contributed by atoms with E-state index in [-0.39, 0.29) is 16.9 Å². The fraction of sp³-hybridized carbons (Fsp3) is 0.238. The van der Waals surface area contributed by atoms with Gasteiger partial charge >= 0.3 is 0 Å². The van der Waals surface area contributed by atoms with E-state index < -0.39 is 0 Å². The van der Waals surface area contributed by atoms with Gasteiger partial charge in [-0.25, -0.2) is 9.67 Å². The number of hydrogen-bond acceptors (Lipinski definition) is 5. The van der Waals surface area contributed by atoms with Crippen LogP contribution in [0.5, 0.6) is 0 Å². The summed E-state index contributed by atoms with van der Waals surface area (Å²) >= 11 is 1.34. The number of nitrogens with zero attached hydrogens (tertiary/aromatic N) is 4. The Kier molecular flexibility index (Phi) is 5.00. The predicted octanol–water partition coefficient (Wildman–Crippen LogP) is 3.54. The second-order valence-corrected chi connectivity index (χ2v) is 8.00. The Hall–Kier alpha value is -2.93. The third-order valence-corrected chi connectivity index (χ3v) is 5.75. The summed E-state index contributed by atoms with van der Waals surface area (Å²) < 4.78 is 1.70. The predicted molar refractivity (Wildman–Crippen MR) is 109 cm³/mol. The van der Waals surface area contributed by atoms with Crippen LogP contribution in [-0.2, 0) is 11.2 Å². The van der Waals surface area contributed by atoms with Gasteiger partial charge in [-0.15, -0.1) is 5.10 Å². The number of benzene rings is 2. The number of amides is 1. The molecule has 28 heavy (non-hydrogen) atoms. The van der Waals surface area contributed by atoms with Crippen molar-refractivity contribution < 1.29 is 9.59 Å². The van der Waals surface area contributed by atoms with Gasteiger partial charge in [-0.3, -0.25) is 9.59 Å². The van der Waals surface area contributed by atoms with Crippen molar-refractivity contribution in [3.8, 4) is 5.69 Å². The van der Waals surface area contributed by atoms with Gasteiger partial charge in [-0.05, 0) is 49.2 Å². The topological polar surface area (TPSA) is 68.1 Å². The number of carbonyl (C=O) groups is 2. The molecule has 0 saturated carbocycles. The van der Waals surface area contributed by atoms with Crippen LogP contribution in [0, 0.1) is 0 Å². The maximum absolute atomic E-state index is 12.9. The van der Waals surface area contributed by atoms with Gasteiger partial charge in [-0.2, -0.15) is 0 Å². The number of rotatable bonds is 5. The Bertz CT molecular complexity index is 1030. The molecule has 1 aromatic heterocycles. The summed E-state index contributed by atoms with van der Waals surface area (Å²) in [6.45, 7) is 4.10. The average Bonchev–Trinajstić information content (AvgIpc) is 3.34. The van der Waals surface area contributed by atoms with Crippen molar-refractivity contribution in [3.63, 3.8) is 0 Å². The zero-order chi connectivity index (χ0) is 19.7. The molecular weight excluding hydrogens is 372 g/mol. The number of ketones is 1. The van der Waals surface area contributed by atoms with E-state index in [0.717, 1.165) is 23.4 Å². The Morgan fingerprint density at radius 3 is 2.68 bits per heavy atom. The van der Waals surface area contributed by atoms with Gasteiger partial charge in [0.15, 0.2) is 5.78 Å². The van der Waals surface area contributed by atoms with Crippen molar-refractivity contribution in [3.05, 3.63) is 66.0 Å². The van der Waals surface area contributed by atoms with Crippen LogP contribution in [0.4, 0.5) is 5.69 Å². The Morgan fingerprint density at radius 1 is 1.14 bits per heavy atom. The first kappa shape index (κ1) is 18.4. The molecule has 6 nitrogen and oxygen atoms in total.